The molecule has 2 rings (SSSR count). The minimum Gasteiger partial charge on any atom is -0.469 e. The number of ether oxygens (including phenoxy) is 2. The zero-order valence-electron chi connectivity index (χ0n) is 14.1. The van der Waals surface area contributed by atoms with Crippen molar-refractivity contribution in [3.05, 3.63) is 35.9 Å². The van der Waals surface area contributed by atoms with Crippen molar-refractivity contribution in [2.24, 2.45) is 0 Å². The summed E-state index contributed by atoms with van der Waals surface area (Å²) in [7, 11) is 1.33. The Bertz CT molecular complexity index is 541. The van der Waals surface area contributed by atoms with Crippen LogP contribution in [0.25, 0.3) is 0 Å². The van der Waals surface area contributed by atoms with Gasteiger partial charge in [-0.1, -0.05) is 30.3 Å². The number of methoxy groups -OCH3 is 1. The van der Waals surface area contributed by atoms with Crippen molar-refractivity contribution >= 4 is 11.9 Å². The molecule has 1 unspecified atom stereocenters. The van der Waals surface area contributed by atoms with Gasteiger partial charge in [0.25, 0.3) is 0 Å². The van der Waals surface area contributed by atoms with Crippen molar-refractivity contribution in [2.75, 3.05) is 20.3 Å². The summed E-state index contributed by atoms with van der Waals surface area (Å²) in [5.41, 5.74) is 0.833. The highest BCUT2D eigenvalue weighted by atomic mass is 16.5. The molecule has 1 aliphatic rings. The van der Waals surface area contributed by atoms with Gasteiger partial charge in [0.2, 0.25) is 5.91 Å². The number of amides is 1. The zero-order chi connectivity index (χ0) is 16.9. The van der Waals surface area contributed by atoms with E-state index in [4.69, 9.17) is 4.74 Å². The lowest BCUT2D eigenvalue weighted by Gasteiger charge is -2.45. The molecule has 1 heterocycles. The second-order valence-corrected chi connectivity index (χ2v) is 6.52. The van der Waals surface area contributed by atoms with Crippen LogP contribution in [-0.2, 0) is 25.5 Å². The third kappa shape index (κ3) is 4.79. The molecule has 126 valence electrons. The molecular weight excluding hydrogens is 294 g/mol. The van der Waals surface area contributed by atoms with Crippen LogP contribution in [0, 0.1) is 0 Å². The van der Waals surface area contributed by atoms with E-state index in [1.54, 1.807) is 0 Å². The highest BCUT2D eigenvalue weighted by molar-refractivity contribution is 5.82. The van der Waals surface area contributed by atoms with Crippen LogP contribution in [0.1, 0.15) is 32.3 Å². The standard InChI is InChI=1S/C18H25NO4/c1-18(2)13-23-15(11-14-7-5-4-6-8-14)12-19(18)16(20)9-10-17(21)22-3/h4-8,15H,9-13H2,1-3H3. The van der Waals surface area contributed by atoms with E-state index < -0.39 is 0 Å². The number of rotatable bonds is 5. The zero-order valence-corrected chi connectivity index (χ0v) is 14.1. The summed E-state index contributed by atoms with van der Waals surface area (Å²) in [6.07, 6.45) is 1.05. The predicted octanol–water partition coefficient (Wildman–Crippen LogP) is 2.19. The molecule has 0 bridgehead atoms. The van der Waals surface area contributed by atoms with E-state index >= 15 is 0 Å². The van der Waals surface area contributed by atoms with E-state index in [0.717, 1.165) is 6.42 Å². The lowest BCUT2D eigenvalue weighted by Crippen LogP contribution is -2.58. The summed E-state index contributed by atoms with van der Waals surface area (Å²) >= 11 is 0. The van der Waals surface area contributed by atoms with Gasteiger partial charge in [-0.3, -0.25) is 9.59 Å². The molecule has 1 amide bonds. The second-order valence-electron chi connectivity index (χ2n) is 6.52. The highest BCUT2D eigenvalue weighted by Gasteiger charge is 2.37. The van der Waals surface area contributed by atoms with E-state index in [0.29, 0.717) is 13.2 Å². The molecule has 1 aromatic rings. The first kappa shape index (κ1) is 17.5. The quantitative estimate of drug-likeness (QED) is 0.781. The molecule has 1 atom stereocenters. The fourth-order valence-electron chi connectivity index (χ4n) is 2.79. The van der Waals surface area contributed by atoms with Crippen LogP contribution in [0.5, 0.6) is 0 Å². The number of hydrogen-bond donors (Lipinski definition) is 0. The van der Waals surface area contributed by atoms with Gasteiger partial charge in [-0.05, 0) is 19.4 Å². The molecule has 0 aliphatic carbocycles. The van der Waals surface area contributed by atoms with Crippen LogP contribution in [-0.4, -0.2) is 48.7 Å². The monoisotopic (exact) mass is 319 g/mol. The lowest BCUT2D eigenvalue weighted by molar-refractivity contribution is -0.156. The molecule has 0 radical (unpaired) electrons. The highest BCUT2D eigenvalue weighted by Crippen LogP contribution is 2.25. The second kappa shape index (κ2) is 7.59. The van der Waals surface area contributed by atoms with Crippen LogP contribution >= 0.6 is 0 Å². The lowest BCUT2D eigenvalue weighted by atomic mass is 9.97. The Morgan fingerprint density at radius 3 is 2.61 bits per heavy atom. The molecule has 1 saturated heterocycles. The Morgan fingerprint density at radius 2 is 1.96 bits per heavy atom. The van der Waals surface area contributed by atoms with Gasteiger partial charge in [0.05, 0.1) is 31.8 Å². The molecule has 0 N–H and O–H groups in total. The third-order valence-electron chi connectivity index (χ3n) is 4.17. The number of carbonyl (C=O) groups is 2. The van der Waals surface area contributed by atoms with Gasteiger partial charge in [-0.25, -0.2) is 0 Å². The predicted molar refractivity (Wildman–Crippen MR) is 86.9 cm³/mol. The average Bonchev–Trinajstić information content (AvgIpc) is 2.54. The minimum atomic E-state index is -0.361. The van der Waals surface area contributed by atoms with Crippen molar-refractivity contribution in [3.8, 4) is 0 Å². The molecule has 0 spiro atoms. The molecule has 23 heavy (non-hydrogen) atoms. The summed E-state index contributed by atoms with van der Waals surface area (Å²) < 4.78 is 10.5. The van der Waals surface area contributed by atoms with Crippen molar-refractivity contribution < 1.29 is 19.1 Å². The number of benzene rings is 1. The summed E-state index contributed by atoms with van der Waals surface area (Å²) in [6.45, 7) is 5.01. The normalized spacial score (nSPS) is 20.1. The number of esters is 1. The topological polar surface area (TPSA) is 55.8 Å². The SMILES string of the molecule is COC(=O)CCC(=O)N1CC(Cc2ccccc2)OCC1(C)C. The first-order valence-corrected chi connectivity index (χ1v) is 7.95. The average molecular weight is 319 g/mol. The third-order valence-corrected chi connectivity index (χ3v) is 4.17. The largest absolute Gasteiger partial charge is 0.469 e. The van der Waals surface area contributed by atoms with Crippen LogP contribution in [0.15, 0.2) is 30.3 Å². The van der Waals surface area contributed by atoms with Crippen molar-refractivity contribution in [1.82, 2.24) is 4.90 Å². The van der Waals surface area contributed by atoms with Crippen LogP contribution in [0.3, 0.4) is 0 Å². The van der Waals surface area contributed by atoms with Gasteiger partial charge < -0.3 is 14.4 Å². The number of carbonyl (C=O) groups excluding carboxylic acids is 2. The molecular formula is C18H25NO4. The van der Waals surface area contributed by atoms with Gasteiger partial charge >= 0.3 is 5.97 Å². The van der Waals surface area contributed by atoms with Gasteiger partial charge in [0.1, 0.15) is 0 Å². The molecule has 5 nitrogen and oxygen atoms in total. The molecule has 0 aromatic heterocycles. The summed E-state index contributed by atoms with van der Waals surface area (Å²) in [6, 6.07) is 10.1. The number of morpholine rings is 1. The summed E-state index contributed by atoms with van der Waals surface area (Å²) in [5, 5.41) is 0. The fraction of sp³-hybridized carbons (Fsp3) is 0.556. The maximum absolute atomic E-state index is 12.5. The number of hydrogen-bond acceptors (Lipinski definition) is 4. The Labute approximate surface area is 137 Å². The van der Waals surface area contributed by atoms with Crippen molar-refractivity contribution in [1.29, 1.82) is 0 Å². The van der Waals surface area contributed by atoms with Gasteiger partial charge in [-0.2, -0.15) is 0 Å². The van der Waals surface area contributed by atoms with E-state index in [-0.39, 0.29) is 36.4 Å². The molecule has 1 fully saturated rings. The molecule has 1 aliphatic heterocycles. The van der Waals surface area contributed by atoms with Crippen molar-refractivity contribution in [3.63, 3.8) is 0 Å². The first-order valence-electron chi connectivity index (χ1n) is 7.95. The van der Waals surface area contributed by atoms with E-state index in [9.17, 15) is 9.59 Å². The Morgan fingerprint density at radius 1 is 1.26 bits per heavy atom. The van der Waals surface area contributed by atoms with Crippen molar-refractivity contribution in [2.45, 2.75) is 44.8 Å². The van der Waals surface area contributed by atoms with Gasteiger partial charge in [0.15, 0.2) is 0 Å². The first-order chi connectivity index (χ1) is 10.9. The Kier molecular flexibility index (Phi) is 5.77. The van der Waals surface area contributed by atoms with Crippen LogP contribution in [0.4, 0.5) is 0 Å². The minimum absolute atomic E-state index is 0.0208. The summed E-state index contributed by atoms with van der Waals surface area (Å²) in [5.74, 6) is -0.382. The molecule has 1 aromatic carbocycles. The van der Waals surface area contributed by atoms with Crippen LogP contribution in [0.2, 0.25) is 0 Å². The van der Waals surface area contributed by atoms with Gasteiger partial charge in [0, 0.05) is 19.4 Å². The fourth-order valence-corrected chi connectivity index (χ4v) is 2.79. The Balaban J connectivity index is 1.98. The smallest absolute Gasteiger partial charge is 0.306 e. The van der Waals surface area contributed by atoms with E-state index in [1.165, 1.54) is 12.7 Å². The van der Waals surface area contributed by atoms with E-state index in [2.05, 4.69) is 16.9 Å². The van der Waals surface area contributed by atoms with Gasteiger partial charge in [-0.15, -0.1) is 0 Å². The maximum Gasteiger partial charge on any atom is 0.306 e. The maximum atomic E-state index is 12.5. The summed E-state index contributed by atoms with van der Waals surface area (Å²) in [4.78, 5) is 25.6. The number of nitrogens with zero attached hydrogens (tertiary/aromatic N) is 1. The molecule has 0 saturated carbocycles. The molecule has 5 heteroatoms. The van der Waals surface area contributed by atoms with Crippen LogP contribution < -0.4 is 0 Å². The Hall–Kier alpha value is -1.88. The van der Waals surface area contributed by atoms with E-state index in [1.807, 2.05) is 36.9 Å².